The van der Waals surface area contributed by atoms with E-state index in [1.54, 1.807) is 24.3 Å². The Labute approximate surface area is 742 Å². The lowest BCUT2D eigenvalue weighted by Gasteiger charge is -2.26. The molecule has 2 saturated heterocycles. The summed E-state index contributed by atoms with van der Waals surface area (Å²) < 4.78 is 26.6. The number of hydrogen-bond donors (Lipinski definition) is 2. The fourth-order valence-corrected chi connectivity index (χ4v) is 13.8. The summed E-state index contributed by atoms with van der Waals surface area (Å²) in [5.74, 6) is 36.6. The van der Waals surface area contributed by atoms with Crippen LogP contribution in [-0.2, 0) is 42.9 Å². The van der Waals surface area contributed by atoms with Crippen molar-refractivity contribution in [1.82, 2.24) is 20.4 Å². The predicted molar refractivity (Wildman–Crippen MR) is 499 cm³/mol. The van der Waals surface area contributed by atoms with Crippen LogP contribution in [0.5, 0.6) is 5.75 Å². The predicted octanol–water partition coefficient (Wildman–Crippen LogP) is 25.7. The van der Waals surface area contributed by atoms with Gasteiger partial charge in [0.2, 0.25) is 11.8 Å². The molecule has 0 saturated carbocycles. The molecule has 0 spiro atoms. The van der Waals surface area contributed by atoms with Crippen LogP contribution in [0.3, 0.4) is 0 Å². The van der Waals surface area contributed by atoms with Gasteiger partial charge in [0.1, 0.15) is 12.4 Å². The summed E-state index contributed by atoms with van der Waals surface area (Å²) in [4.78, 5) is 96.6. The highest BCUT2D eigenvalue weighted by Gasteiger charge is 2.28. The Bertz CT molecular complexity index is 3300. The fraction of sp³-hybridized carbons (Fsp3) is 0.714. The van der Waals surface area contributed by atoms with Crippen LogP contribution in [0.4, 0.5) is 9.59 Å². The van der Waals surface area contributed by atoms with Gasteiger partial charge in [-0.25, -0.2) is 9.59 Å². The molecule has 0 radical (unpaired) electrons. The van der Waals surface area contributed by atoms with Gasteiger partial charge in [-0.1, -0.05) is 326 Å². The zero-order chi connectivity index (χ0) is 88.6. The van der Waals surface area contributed by atoms with E-state index in [9.17, 15) is 38.4 Å². The zero-order valence-electron chi connectivity index (χ0n) is 77.1. The number of carbonyl (C=O) groups is 8. The van der Waals surface area contributed by atoms with Crippen LogP contribution in [0.1, 0.15) is 443 Å². The number of esters is 3. The molecule has 0 bridgehead atoms. The normalized spacial score (nSPS) is 12.0. The largest absolute Gasteiger partial charge is 0.466 e. The van der Waals surface area contributed by atoms with Gasteiger partial charge in [-0.05, 0) is 144 Å². The van der Waals surface area contributed by atoms with E-state index < -0.39 is 6.03 Å². The molecular formula is C105H164N4O13. The standard InChI is InChI=1S/C36H58N2O6.C36H58N2O4.C33H48O3/c1-3-4-5-6-7-8-9-10-11-12-13-14-15-16-17-18-19-20-21-22-23-24-25-35(40)44-31-30-43-29-28-42-27-26-38-34(39)32-33(2)37-36(38)41;1-3-4-5-6-7-8-9-10-11-12-13-14-15-16-17-18-19-20-21-22-23-26-29-35(40)42-31-28-25-24-27-30-38-34(39)32-33(2)37-36(38)41;1-3-4-5-6-7-8-9-10-11-12-13-14-15-16-17-18-19-20-21-22-23-24-25-33(35)36-32-28-26-31(27-29-32)30(2)34/h2-13,18-32H2,1H3,(H,37,41);2-13,18-32H2,1H3,(H,37,41);26-29H,3-13,18-25H2,1-2H3. The van der Waals surface area contributed by atoms with E-state index in [4.69, 9.17) is 23.7 Å². The van der Waals surface area contributed by atoms with Crippen LogP contribution in [0.25, 0.3) is 0 Å². The molecule has 1 aromatic rings. The molecule has 6 amide bonds. The minimum atomic E-state index is -0.472. The number of ketones is 1. The smallest absolute Gasteiger partial charge is 0.328 e. The number of carbonyl (C=O) groups excluding carboxylic acids is 8. The number of rotatable bonds is 72. The molecule has 17 heteroatoms. The molecule has 0 unspecified atom stereocenters. The molecule has 122 heavy (non-hydrogen) atoms. The van der Waals surface area contributed by atoms with Gasteiger partial charge in [-0.3, -0.25) is 38.6 Å². The summed E-state index contributed by atoms with van der Waals surface area (Å²) in [6.45, 7) is 18.0. The second-order valence-corrected chi connectivity index (χ2v) is 32.6. The van der Waals surface area contributed by atoms with Crippen molar-refractivity contribution in [2.75, 3.05) is 52.7 Å². The molecule has 0 aromatic heterocycles. The van der Waals surface area contributed by atoms with Gasteiger partial charge in [-0.2, -0.15) is 0 Å². The van der Waals surface area contributed by atoms with Crippen LogP contribution >= 0.6 is 0 Å². The van der Waals surface area contributed by atoms with Crippen LogP contribution in [0.2, 0.25) is 0 Å². The SMILES string of the molecule is C=C1CC(=O)N(CCCCCCOC(=O)CCCCCCCCC#CC#CCCCCCCCCCCCC)C(=O)N1.C=C1CC(=O)N(CCOCCOCCOC(=O)CCCCCCCCC#CC#CCCCCCCCCCCCC)C(=O)N1.CCCCCCCCCCCCC#CC#CCCCCCCCCC(=O)Oc1ccc(C(C)=O)cc1. The Hall–Kier alpha value is -8.06. The van der Waals surface area contributed by atoms with Gasteiger partial charge in [0, 0.05) is 81.3 Å². The second-order valence-electron chi connectivity index (χ2n) is 32.6. The monoisotopic (exact) mass is 1690 g/mol. The quantitative estimate of drug-likeness (QED) is 0.0204. The van der Waals surface area contributed by atoms with Gasteiger partial charge in [0.15, 0.2) is 5.78 Å². The van der Waals surface area contributed by atoms with E-state index in [1.165, 1.54) is 230 Å². The number of nitrogens with zero attached hydrogens (tertiary/aromatic N) is 2. The van der Waals surface area contributed by atoms with Crippen molar-refractivity contribution in [3.05, 3.63) is 54.4 Å². The molecule has 1 aromatic carbocycles. The van der Waals surface area contributed by atoms with Crippen molar-refractivity contribution in [3.63, 3.8) is 0 Å². The fourth-order valence-electron chi connectivity index (χ4n) is 13.8. The minimum Gasteiger partial charge on any atom is -0.466 e. The Balaban J connectivity index is 0.000000920. The first kappa shape index (κ1) is 112. The van der Waals surface area contributed by atoms with Gasteiger partial charge in [0.25, 0.3) is 0 Å². The molecule has 2 N–H and O–H groups in total. The number of amides is 6. The van der Waals surface area contributed by atoms with Crippen molar-refractivity contribution >= 4 is 47.6 Å². The van der Waals surface area contributed by atoms with E-state index >= 15 is 0 Å². The number of imide groups is 2. The topological polar surface area (TPSA) is 213 Å². The Kier molecular flexibility index (Phi) is 79.3. The third-order valence-corrected chi connectivity index (χ3v) is 21.2. The van der Waals surface area contributed by atoms with E-state index in [1.807, 2.05) is 0 Å². The maximum atomic E-state index is 11.9. The third-order valence-electron chi connectivity index (χ3n) is 21.2. The molecule has 0 atom stereocenters. The van der Waals surface area contributed by atoms with Crippen LogP contribution < -0.4 is 15.4 Å². The molecule has 2 heterocycles. The summed E-state index contributed by atoms with van der Waals surface area (Å²) in [7, 11) is 0. The van der Waals surface area contributed by atoms with Crippen molar-refractivity contribution in [2.45, 2.75) is 432 Å². The van der Waals surface area contributed by atoms with Gasteiger partial charge >= 0.3 is 30.0 Å². The van der Waals surface area contributed by atoms with Crippen molar-refractivity contribution in [3.8, 4) is 76.8 Å². The lowest BCUT2D eigenvalue weighted by molar-refractivity contribution is -0.146. The molecule has 682 valence electrons. The maximum absolute atomic E-state index is 11.9. The number of urea groups is 2. The minimum absolute atomic E-state index is 0.00316. The van der Waals surface area contributed by atoms with Crippen molar-refractivity contribution in [1.29, 1.82) is 0 Å². The van der Waals surface area contributed by atoms with E-state index in [0.29, 0.717) is 74.9 Å². The molecule has 17 nitrogen and oxygen atoms in total. The number of hydrogen-bond acceptors (Lipinski definition) is 13. The summed E-state index contributed by atoms with van der Waals surface area (Å²) in [6, 6.07) is 5.84. The van der Waals surface area contributed by atoms with E-state index in [-0.39, 0.29) is 74.1 Å². The van der Waals surface area contributed by atoms with Crippen molar-refractivity contribution in [2.24, 2.45) is 0 Å². The summed E-state index contributed by atoms with van der Waals surface area (Å²) >= 11 is 0. The van der Waals surface area contributed by atoms with Crippen LogP contribution in [0.15, 0.2) is 48.8 Å². The Morgan fingerprint density at radius 3 is 0.918 bits per heavy atom. The molecule has 0 aliphatic carbocycles. The summed E-state index contributed by atoms with van der Waals surface area (Å²) in [6.07, 6.45) is 70.8. The number of unbranched alkanes of at least 4 members (excludes halogenated alkanes) is 51. The highest BCUT2D eigenvalue weighted by molar-refractivity contribution is 6.00. The average Bonchev–Trinajstić information content (AvgIpc) is 0.864. The lowest BCUT2D eigenvalue weighted by Crippen LogP contribution is -2.49. The van der Waals surface area contributed by atoms with Crippen LogP contribution in [0, 0.1) is 71.0 Å². The molecule has 2 aliphatic rings. The van der Waals surface area contributed by atoms with Crippen molar-refractivity contribution < 1.29 is 62.0 Å². The zero-order valence-corrected chi connectivity index (χ0v) is 77.1. The second kappa shape index (κ2) is 86.5. The number of nitrogens with one attached hydrogen (secondary N) is 2. The number of benzene rings is 1. The first-order chi connectivity index (χ1) is 59.7. The van der Waals surface area contributed by atoms with Gasteiger partial charge in [-0.15, -0.1) is 0 Å². The Morgan fingerprint density at radius 1 is 0.320 bits per heavy atom. The molecule has 2 fully saturated rings. The van der Waals surface area contributed by atoms with Gasteiger partial charge < -0.3 is 34.3 Å². The molecule has 2 aliphatic heterocycles. The van der Waals surface area contributed by atoms with Gasteiger partial charge in [0.05, 0.1) is 52.4 Å². The van der Waals surface area contributed by atoms with E-state index in [0.717, 1.165) is 159 Å². The van der Waals surface area contributed by atoms with Crippen LogP contribution in [-0.4, -0.2) is 110 Å². The molecule has 3 rings (SSSR count). The first-order valence-corrected chi connectivity index (χ1v) is 48.5. The Morgan fingerprint density at radius 2 is 0.590 bits per heavy atom. The van der Waals surface area contributed by atoms with E-state index in [2.05, 4.69) is 116 Å². The maximum Gasteiger partial charge on any atom is 0.328 e. The number of ether oxygens (including phenoxy) is 5. The summed E-state index contributed by atoms with van der Waals surface area (Å²) in [5.41, 5.74) is 1.48. The highest BCUT2D eigenvalue weighted by Crippen LogP contribution is 2.20. The third kappa shape index (κ3) is 74.6. The summed E-state index contributed by atoms with van der Waals surface area (Å²) in [5, 5.41) is 5.13. The lowest BCUT2D eigenvalue weighted by atomic mass is 10.1. The number of Topliss-reactive ketones (excluding diaryl/α,β-unsaturated/α-hetero) is 1. The first-order valence-electron chi connectivity index (χ1n) is 48.5. The highest BCUT2D eigenvalue weighted by atomic mass is 16.6. The molecular weight excluding hydrogens is 1530 g/mol. The average molecular weight is 1690 g/mol.